The molecule has 3 rings (SSSR count). The molecule has 2 aromatic heterocycles. The molecule has 0 radical (unpaired) electrons. The highest BCUT2D eigenvalue weighted by atomic mass is 127. The molecule has 0 aliphatic carbocycles. The van der Waals surface area contributed by atoms with Crippen molar-refractivity contribution in [1.29, 1.82) is 0 Å². The van der Waals surface area contributed by atoms with E-state index in [4.69, 9.17) is 19.2 Å². The van der Waals surface area contributed by atoms with E-state index in [0.29, 0.717) is 20.0 Å². The normalized spacial score (nSPS) is 18.7. The zero-order valence-corrected chi connectivity index (χ0v) is 31.1. The Labute approximate surface area is 262 Å². The predicted octanol–water partition coefficient (Wildman–Crippen LogP) is 7.27. The molecule has 1 saturated heterocycles. The average molecular weight is 718 g/mol. The first kappa shape index (κ1) is 34.3. The van der Waals surface area contributed by atoms with Gasteiger partial charge in [-0.05, 0) is 75.2 Å². The average Bonchev–Trinajstić information content (AvgIpc) is 3.20. The van der Waals surface area contributed by atoms with Gasteiger partial charge < -0.3 is 24.0 Å². The van der Waals surface area contributed by atoms with Crippen molar-refractivity contribution in [2.24, 2.45) is 0 Å². The van der Waals surface area contributed by atoms with E-state index in [9.17, 15) is 4.79 Å². The Balaban J connectivity index is 1.85. The van der Waals surface area contributed by atoms with Gasteiger partial charge in [0.1, 0.15) is 24.9 Å². The number of carbonyl (C=O) groups excluding carboxylic acids is 1. The Bertz CT molecular complexity index is 1140. The Hall–Kier alpha value is -1.23. The molecule has 41 heavy (non-hydrogen) atoms. The Morgan fingerprint density at radius 3 is 2.17 bits per heavy atom. The summed E-state index contributed by atoms with van der Waals surface area (Å²) in [6.45, 7) is 25.0. The second-order valence-corrected chi connectivity index (χ2v) is 27.2. The standard InChI is InChI=1S/C29H52IN5O4Si2/c1-22-17-23(11-12-34(22)28(36)39-29(2,3)4)25-18-26(35-27(32-25)24(30)19-31-35)33(20-37-13-15-40(5,6)7)21-38-14-16-41(8,9)10/h18-19,22-23H,11-17,20-21H2,1-10H3/t22-,23+/m0/s1. The molecular formula is C29H52IN5O4Si2. The van der Waals surface area contributed by atoms with Crippen LogP contribution in [0.4, 0.5) is 10.6 Å². The summed E-state index contributed by atoms with van der Waals surface area (Å²) in [6.07, 6.45) is 3.28. The minimum Gasteiger partial charge on any atom is -0.444 e. The van der Waals surface area contributed by atoms with Gasteiger partial charge >= 0.3 is 6.09 Å². The third kappa shape index (κ3) is 10.8. The fourth-order valence-corrected chi connectivity index (χ4v) is 6.67. The summed E-state index contributed by atoms with van der Waals surface area (Å²) >= 11 is 2.31. The second kappa shape index (κ2) is 14.0. The number of hydrogen-bond acceptors (Lipinski definition) is 7. The molecule has 232 valence electrons. The summed E-state index contributed by atoms with van der Waals surface area (Å²) in [4.78, 5) is 21.9. The number of carbonyl (C=O) groups is 1. The van der Waals surface area contributed by atoms with E-state index in [0.717, 1.165) is 58.9 Å². The van der Waals surface area contributed by atoms with Gasteiger partial charge in [0.2, 0.25) is 0 Å². The highest BCUT2D eigenvalue weighted by Crippen LogP contribution is 2.34. The smallest absolute Gasteiger partial charge is 0.410 e. The number of amides is 1. The van der Waals surface area contributed by atoms with Crippen LogP contribution in [0.2, 0.25) is 51.4 Å². The molecule has 0 N–H and O–H groups in total. The molecule has 2 atom stereocenters. The molecule has 0 unspecified atom stereocenters. The van der Waals surface area contributed by atoms with Crippen LogP contribution in [0.15, 0.2) is 12.3 Å². The third-order valence-corrected chi connectivity index (χ3v) is 11.3. The largest absolute Gasteiger partial charge is 0.444 e. The van der Waals surface area contributed by atoms with E-state index in [1.165, 1.54) is 0 Å². The van der Waals surface area contributed by atoms with Crippen molar-refractivity contribution in [2.45, 2.75) is 109 Å². The van der Waals surface area contributed by atoms with Gasteiger partial charge in [0, 0.05) is 59.6 Å². The van der Waals surface area contributed by atoms with E-state index >= 15 is 0 Å². The lowest BCUT2D eigenvalue weighted by Crippen LogP contribution is -2.46. The molecule has 1 aliphatic heterocycles. The molecular weight excluding hydrogens is 665 g/mol. The number of nitrogens with zero attached hydrogens (tertiary/aromatic N) is 5. The van der Waals surface area contributed by atoms with Gasteiger partial charge in [-0.3, -0.25) is 0 Å². The Morgan fingerprint density at radius 1 is 1.07 bits per heavy atom. The zero-order valence-electron chi connectivity index (χ0n) is 26.9. The highest BCUT2D eigenvalue weighted by Gasteiger charge is 2.33. The molecule has 3 heterocycles. The lowest BCUT2D eigenvalue weighted by molar-refractivity contribution is 0.0102. The number of likely N-dealkylation sites (tertiary alicyclic amines) is 1. The van der Waals surface area contributed by atoms with E-state index in [2.05, 4.69) is 84.9 Å². The summed E-state index contributed by atoms with van der Waals surface area (Å²) in [6, 6.07) is 4.44. The van der Waals surface area contributed by atoms with Crippen LogP contribution in [0, 0.1) is 3.57 Å². The Kier molecular flexibility index (Phi) is 11.7. The maximum atomic E-state index is 12.8. The number of halogens is 1. The Morgan fingerprint density at radius 2 is 1.66 bits per heavy atom. The quantitative estimate of drug-likeness (QED) is 0.0990. The molecule has 9 nitrogen and oxygen atoms in total. The number of piperidine rings is 1. The lowest BCUT2D eigenvalue weighted by atomic mass is 9.89. The van der Waals surface area contributed by atoms with Crippen molar-refractivity contribution >= 4 is 56.3 Å². The molecule has 1 amide bonds. The summed E-state index contributed by atoms with van der Waals surface area (Å²) in [7, 11) is -2.40. The van der Waals surface area contributed by atoms with E-state index < -0.39 is 21.7 Å². The van der Waals surface area contributed by atoms with Crippen LogP contribution in [0.3, 0.4) is 0 Å². The van der Waals surface area contributed by atoms with Crippen molar-refractivity contribution in [3.05, 3.63) is 21.5 Å². The first-order valence-corrected chi connectivity index (χ1v) is 23.4. The number of aromatic nitrogens is 3. The van der Waals surface area contributed by atoms with Gasteiger partial charge in [0.25, 0.3) is 0 Å². The van der Waals surface area contributed by atoms with Crippen LogP contribution in [-0.2, 0) is 14.2 Å². The van der Waals surface area contributed by atoms with Crippen LogP contribution in [-0.4, -0.2) is 86.6 Å². The summed E-state index contributed by atoms with van der Waals surface area (Å²) in [5, 5.41) is 4.68. The topological polar surface area (TPSA) is 81.4 Å². The number of anilines is 1. The number of fused-ring (bicyclic) bond motifs is 1. The predicted molar refractivity (Wildman–Crippen MR) is 181 cm³/mol. The van der Waals surface area contributed by atoms with Crippen LogP contribution in [0.1, 0.15) is 52.1 Å². The van der Waals surface area contributed by atoms with E-state index in [1.54, 1.807) is 0 Å². The number of rotatable bonds is 12. The minimum atomic E-state index is -1.20. The fourth-order valence-electron chi connectivity index (χ4n) is 4.68. The van der Waals surface area contributed by atoms with E-state index in [-0.39, 0.29) is 18.1 Å². The van der Waals surface area contributed by atoms with Crippen LogP contribution >= 0.6 is 22.6 Å². The molecule has 12 heteroatoms. The molecule has 1 fully saturated rings. The van der Waals surface area contributed by atoms with Crippen molar-refractivity contribution in [1.82, 2.24) is 19.5 Å². The van der Waals surface area contributed by atoms with Crippen molar-refractivity contribution in [3.8, 4) is 0 Å². The van der Waals surface area contributed by atoms with Crippen LogP contribution in [0.25, 0.3) is 5.65 Å². The van der Waals surface area contributed by atoms with Crippen molar-refractivity contribution < 1.29 is 19.0 Å². The summed E-state index contributed by atoms with van der Waals surface area (Å²) in [5.74, 6) is 1.15. The number of ether oxygens (including phenoxy) is 3. The molecule has 0 bridgehead atoms. The summed E-state index contributed by atoms with van der Waals surface area (Å²) < 4.78 is 21.0. The SMILES string of the molecule is C[C@H]1C[C@H](c2cc(N(COCC[Si](C)(C)C)COCC[Si](C)(C)C)n3ncc(I)c3n2)CCN1C(=O)OC(C)(C)C. The van der Waals surface area contributed by atoms with Crippen molar-refractivity contribution in [2.75, 3.05) is 38.1 Å². The molecule has 1 aliphatic rings. The maximum absolute atomic E-state index is 12.8. The van der Waals surface area contributed by atoms with E-state index in [1.807, 2.05) is 36.4 Å². The molecule has 0 spiro atoms. The number of hydrogen-bond donors (Lipinski definition) is 0. The van der Waals surface area contributed by atoms with Crippen LogP contribution < -0.4 is 4.90 Å². The first-order valence-electron chi connectivity index (χ1n) is 14.9. The van der Waals surface area contributed by atoms with Crippen LogP contribution in [0.5, 0.6) is 0 Å². The first-order chi connectivity index (χ1) is 18.9. The molecule has 0 aromatic carbocycles. The lowest BCUT2D eigenvalue weighted by Gasteiger charge is -2.38. The van der Waals surface area contributed by atoms with Gasteiger partial charge in [-0.25, -0.2) is 9.78 Å². The summed E-state index contributed by atoms with van der Waals surface area (Å²) in [5.41, 5.74) is 1.36. The highest BCUT2D eigenvalue weighted by molar-refractivity contribution is 14.1. The molecule has 2 aromatic rings. The molecule has 0 saturated carbocycles. The van der Waals surface area contributed by atoms with Crippen molar-refractivity contribution in [3.63, 3.8) is 0 Å². The minimum absolute atomic E-state index is 0.0555. The van der Waals surface area contributed by atoms with Gasteiger partial charge in [0.05, 0.1) is 9.77 Å². The fraction of sp³-hybridized carbons (Fsp3) is 0.759. The van der Waals surface area contributed by atoms with Gasteiger partial charge in [-0.15, -0.1) is 0 Å². The van der Waals surface area contributed by atoms with Gasteiger partial charge in [-0.1, -0.05) is 39.3 Å². The monoisotopic (exact) mass is 717 g/mol. The zero-order chi connectivity index (χ0) is 30.6. The maximum Gasteiger partial charge on any atom is 0.410 e. The van der Waals surface area contributed by atoms with Gasteiger partial charge in [0.15, 0.2) is 5.65 Å². The van der Waals surface area contributed by atoms with Gasteiger partial charge in [-0.2, -0.15) is 9.61 Å². The third-order valence-electron chi connectivity index (χ3n) is 7.16. The second-order valence-electron chi connectivity index (χ2n) is 14.7.